The minimum atomic E-state index is -4.27. The van der Waals surface area contributed by atoms with E-state index in [4.69, 9.17) is 8.94 Å². The molecule has 0 fully saturated rings. The summed E-state index contributed by atoms with van der Waals surface area (Å²) in [7, 11) is -4.27. The normalized spacial score (nSPS) is 11.5. The lowest BCUT2D eigenvalue weighted by Gasteiger charge is -2.05. The number of sulfonamides is 1. The van der Waals surface area contributed by atoms with Gasteiger partial charge in [-0.25, -0.2) is 21.9 Å². The van der Waals surface area contributed by atoms with E-state index in [1.54, 1.807) is 6.07 Å². The molecule has 114 valence electrons. The number of aromatic nitrogens is 1. The summed E-state index contributed by atoms with van der Waals surface area (Å²) in [4.78, 5) is -0.699. The van der Waals surface area contributed by atoms with Crippen molar-refractivity contribution in [2.45, 2.75) is 4.90 Å². The van der Waals surface area contributed by atoms with Crippen LogP contribution in [0.2, 0.25) is 0 Å². The van der Waals surface area contributed by atoms with Crippen LogP contribution in [0.25, 0.3) is 11.3 Å². The predicted octanol–water partition coefficient (Wildman–Crippen LogP) is 3.01. The molecule has 3 aromatic rings. The third-order valence-corrected chi connectivity index (χ3v) is 4.13. The summed E-state index contributed by atoms with van der Waals surface area (Å²) in [6, 6.07) is 5.06. The van der Waals surface area contributed by atoms with Crippen LogP contribution in [0.4, 0.5) is 14.7 Å². The molecule has 0 unspecified atom stereocenters. The average Bonchev–Trinajstić information content (AvgIpc) is 3.07. The molecular weight excluding hydrogens is 318 g/mol. The molecule has 1 aromatic carbocycles. The van der Waals surface area contributed by atoms with Crippen molar-refractivity contribution in [1.82, 2.24) is 5.16 Å². The van der Waals surface area contributed by atoms with E-state index >= 15 is 0 Å². The standard InChI is InChI=1S/C13H8F2N2O4S/c14-9-1-2-12(10(15)5-9)22(18,19)17-13-6-11(16-21-13)8-3-4-20-7-8/h1-7,17H. The van der Waals surface area contributed by atoms with Crippen molar-refractivity contribution in [3.8, 4) is 11.3 Å². The first-order chi connectivity index (χ1) is 10.5. The van der Waals surface area contributed by atoms with E-state index in [1.165, 1.54) is 18.6 Å². The highest BCUT2D eigenvalue weighted by Crippen LogP contribution is 2.24. The molecule has 22 heavy (non-hydrogen) atoms. The molecule has 2 heterocycles. The van der Waals surface area contributed by atoms with Crippen molar-refractivity contribution >= 4 is 15.9 Å². The Morgan fingerprint density at radius 1 is 1.14 bits per heavy atom. The maximum Gasteiger partial charge on any atom is 0.267 e. The summed E-state index contributed by atoms with van der Waals surface area (Å²) in [5, 5.41) is 3.66. The molecule has 9 heteroatoms. The summed E-state index contributed by atoms with van der Waals surface area (Å²) >= 11 is 0. The number of anilines is 1. The second-order valence-electron chi connectivity index (χ2n) is 4.27. The number of halogens is 2. The van der Waals surface area contributed by atoms with Gasteiger partial charge in [0, 0.05) is 17.7 Å². The molecule has 3 rings (SSSR count). The van der Waals surface area contributed by atoms with Crippen LogP contribution in [-0.2, 0) is 10.0 Å². The van der Waals surface area contributed by atoms with Gasteiger partial charge in [0.25, 0.3) is 10.0 Å². The molecule has 1 N–H and O–H groups in total. The fourth-order valence-corrected chi connectivity index (χ4v) is 2.78. The molecule has 0 spiro atoms. The lowest BCUT2D eigenvalue weighted by Crippen LogP contribution is -2.14. The fourth-order valence-electron chi connectivity index (χ4n) is 1.75. The Morgan fingerprint density at radius 2 is 1.95 bits per heavy atom. The van der Waals surface area contributed by atoms with Crippen LogP contribution in [0.1, 0.15) is 0 Å². The summed E-state index contributed by atoms with van der Waals surface area (Å²) in [6.45, 7) is 0. The van der Waals surface area contributed by atoms with Gasteiger partial charge in [-0.05, 0) is 18.2 Å². The van der Waals surface area contributed by atoms with Crippen molar-refractivity contribution in [3.63, 3.8) is 0 Å². The molecule has 0 amide bonds. The van der Waals surface area contributed by atoms with Gasteiger partial charge in [-0.3, -0.25) is 0 Å². The van der Waals surface area contributed by atoms with Crippen LogP contribution >= 0.6 is 0 Å². The van der Waals surface area contributed by atoms with E-state index in [0.29, 0.717) is 17.3 Å². The molecule has 0 saturated heterocycles. The van der Waals surface area contributed by atoms with Gasteiger partial charge in [-0.1, -0.05) is 5.16 Å². The van der Waals surface area contributed by atoms with Crippen LogP contribution in [0.15, 0.2) is 56.7 Å². The minimum Gasteiger partial charge on any atom is -0.472 e. The summed E-state index contributed by atoms with van der Waals surface area (Å²) in [5.41, 5.74) is 0.924. The zero-order chi connectivity index (χ0) is 15.7. The van der Waals surface area contributed by atoms with E-state index in [0.717, 1.165) is 12.1 Å². The Morgan fingerprint density at radius 3 is 2.64 bits per heavy atom. The van der Waals surface area contributed by atoms with Gasteiger partial charge in [0.2, 0.25) is 5.88 Å². The molecule has 2 aromatic heterocycles. The maximum absolute atomic E-state index is 13.6. The Kier molecular flexibility index (Phi) is 3.41. The minimum absolute atomic E-state index is 0.208. The summed E-state index contributed by atoms with van der Waals surface area (Å²) in [5.74, 6) is -2.29. The highest BCUT2D eigenvalue weighted by molar-refractivity contribution is 7.92. The SMILES string of the molecule is O=S(=O)(Nc1cc(-c2ccoc2)no1)c1ccc(F)cc1F. The lowest BCUT2D eigenvalue weighted by molar-refractivity contribution is 0.438. The van der Waals surface area contributed by atoms with E-state index in [9.17, 15) is 17.2 Å². The van der Waals surface area contributed by atoms with Crippen molar-refractivity contribution in [2.75, 3.05) is 4.72 Å². The van der Waals surface area contributed by atoms with Gasteiger partial charge in [-0.15, -0.1) is 0 Å². The quantitative estimate of drug-likeness (QED) is 0.796. The highest BCUT2D eigenvalue weighted by Gasteiger charge is 2.21. The molecule has 0 saturated carbocycles. The Labute approximate surface area is 123 Å². The van der Waals surface area contributed by atoms with E-state index in [2.05, 4.69) is 5.16 Å². The molecule has 0 atom stereocenters. The van der Waals surface area contributed by atoms with E-state index in [-0.39, 0.29) is 5.88 Å². The number of rotatable bonds is 4. The smallest absolute Gasteiger partial charge is 0.267 e. The summed E-state index contributed by atoms with van der Waals surface area (Å²) in [6.07, 6.45) is 2.82. The van der Waals surface area contributed by atoms with Crippen LogP contribution < -0.4 is 4.72 Å². The van der Waals surface area contributed by atoms with Crippen LogP contribution in [0, 0.1) is 11.6 Å². The average molecular weight is 326 g/mol. The van der Waals surface area contributed by atoms with Gasteiger partial charge < -0.3 is 8.94 Å². The van der Waals surface area contributed by atoms with Crippen LogP contribution in [-0.4, -0.2) is 13.6 Å². The predicted molar refractivity (Wildman–Crippen MR) is 71.4 cm³/mol. The zero-order valence-electron chi connectivity index (χ0n) is 10.8. The third-order valence-electron chi connectivity index (χ3n) is 2.75. The molecule has 0 aliphatic rings. The number of benzene rings is 1. The highest BCUT2D eigenvalue weighted by atomic mass is 32.2. The van der Waals surface area contributed by atoms with Crippen molar-refractivity contribution in [1.29, 1.82) is 0 Å². The number of hydrogen-bond acceptors (Lipinski definition) is 5. The Hall–Kier alpha value is -2.68. The third kappa shape index (κ3) is 2.70. The Bertz CT molecular complexity index is 904. The first kappa shape index (κ1) is 14.3. The van der Waals surface area contributed by atoms with E-state index < -0.39 is 26.6 Å². The fraction of sp³-hybridized carbons (Fsp3) is 0. The van der Waals surface area contributed by atoms with Gasteiger partial charge in [0.15, 0.2) is 0 Å². The molecule has 6 nitrogen and oxygen atoms in total. The van der Waals surface area contributed by atoms with Gasteiger partial charge in [0.1, 0.15) is 22.2 Å². The van der Waals surface area contributed by atoms with Crippen LogP contribution in [0.5, 0.6) is 0 Å². The molecule has 0 bridgehead atoms. The van der Waals surface area contributed by atoms with Crippen LogP contribution in [0.3, 0.4) is 0 Å². The first-order valence-corrected chi connectivity index (χ1v) is 7.41. The number of furan rings is 1. The molecular formula is C13H8F2N2O4S. The number of hydrogen-bond donors (Lipinski definition) is 1. The topological polar surface area (TPSA) is 85.3 Å². The van der Waals surface area contributed by atoms with E-state index in [1.807, 2.05) is 4.72 Å². The maximum atomic E-state index is 13.6. The van der Waals surface area contributed by atoms with Gasteiger partial charge in [0.05, 0.1) is 12.5 Å². The van der Waals surface area contributed by atoms with Crippen molar-refractivity contribution < 1.29 is 26.1 Å². The van der Waals surface area contributed by atoms with Gasteiger partial charge >= 0.3 is 0 Å². The number of nitrogens with zero attached hydrogens (tertiary/aromatic N) is 1. The Balaban J connectivity index is 1.89. The lowest BCUT2D eigenvalue weighted by atomic mass is 10.2. The second kappa shape index (κ2) is 5.26. The first-order valence-electron chi connectivity index (χ1n) is 5.93. The number of nitrogens with one attached hydrogen (secondary N) is 1. The monoisotopic (exact) mass is 326 g/mol. The second-order valence-corrected chi connectivity index (χ2v) is 5.92. The largest absolute Gasteiger partial charge is 0.472 e. The van der Waals surface area contributed by atoms with Gasteiger partial charge in [-0.2, -0.15) is 0 Å². The summed E-state index contributed by atoms with van der Waals surface area (Å²) < 4.78 is 62.2. The molecule has 0 aliphatic carbocycles. The molecule has 0 aliphatic heterocycles. The van der Waals surface area contributed by atoms with Crippen molar-refractivity contribution in [2.24, 2.45) is 0 Å². The van der Waals surface area contributed by atoms with Crippen molar-refractivity contribution in [3.05, 3.63) is 54.5 Å². The molecule has 0 radical (unpaired) electrons. The zero-order valence-corrected chi connectivity index (χ0v) is 11.6.